The van der Waals surface area contributed by atoms with E-state index in [1.807, 2.05) is 6.07 Å². The van der Waals surface area contributed by atoms with Gasteiger partial charge >= 0.3 is 5.69 Å². The molecule has 1 N–H and O–H groups in total. The second kappa shape index (κ2) is 5.23. The number of hydrogen-bond donors (Lipinski definition) is 1. The summed E-state index contributed by atoms with van der Waals surface area (Å²) in [5.74, 6) is 2.92. The predicted molar refractivity (Wildman–Crippen MR) is 90.7 cm³/mol. The Morgan fingerprint density at radius 1 is 1.08 bits per heavy atom. The Bertz CT molecular complexity index is 807. The van der Waals surface area contributed by atoms with Gasteiger partial charge in [-0.05, 0) is 61.7 Å². The third-order valence-electron chi connectivity index (χ3n) is 6.57. The van der Waals surface area contributed by atoms with Crippen LogP contribution in [0.15, 0.2) is 9.59 Å². The normalized spacial score (nSPS) is 33.5. The van der Waals surface area contributed by atoms with Gasteiger partial charge in [0.15, 0.2) is 5.56 Å². The summed E-state index contributed by atoms with van der Waals surface area (Å²) in [6.07, 6.45) is 7.87. The molecular weight excluding hydrogens is 304 g/mol. The molecule has 4 aliphatic rings. The van der Waals surface area contributed by atoms with Gasteiger partial charge in [0, 0.05) is 20.6 Å². The van der Waals surface area contributed by atoms with E-state index >= 15 is 0 Å². The number of rotatable bonds is 3. The minimum atomic E-state index is -0.520. The van der Waals surface area contributed by atoms with E-state index in [1.165, 1.54) is 50.1 Å². The standard InChI is InChI=1S/C18H24N4O2/c1-21-15(14(9-19)16(23)22(2)17(21)24)20-10-18-6-11-3-12(7-18)5-13(4-11)8-18/h11-13,20H,3-8,10H2,1-2H3. The van der Waals surface area contributed by atoms with Crippen LogP contribution in [0, 0.1) is 34.5 Å². The van der Waals surface area contributed by atoms with Crippen LogP contribution in [-0.2, 0) is 14.1 Å². The van der Waals surface area contributed by atoms with E-state index in [4.69, 9.17) is 0 Å². The Morgan fingerprint density at radius 3 is 2.12 bits per heavy atom. The van der Waals surface area contributed by atoms with Crippen LogP contribution >= 0.6 is 0 Å². The van der Waals surface area contributed by atoms with E-state index < -0.39 is 11.2 Å². The molecule has 6 heteroatoms. The number of nitrogens with one attached hydrogen (secondary N) is 1. The van der Waals surface area contributed by atoms with Gasteiger partial charge < -0.3 is 5.32 Å². The minimum absolute atomic E-state index is 0.0318. The Balaban J connectivity index is 1.64. The first-order valence-electron chi connectivity index (χ1n) is 8.86. The summed E-state index contributed by atoms with van der Waals surface area (Å²) < 4.78 is 2.38. The average molecular weight is 328 g/mol. The topological polar surface area (TPSA) is 79.8 Å². The van der Waals surface area contributed by atoms with Crippen molar-refractivity contribution in [2.75, 3.05) is 11.9 Å². The van der Waals surface area contributed by atoms with Crippen molar-refractivity contribution < 1.29 is 0 Å². The third kappa shape index (κ3) is 2.21. The molecule has 4 aliphatic carbocycles. The molecule has 0 aliphatic heterocycles. The van der Waals surface area contributed by atoms with Crippen LogP contribution in [0.4, 0.5) is 5.82 Å². The fourth-order valence-corrected chi connectivity index (χ4v) is 5.93. The zero-order valence-corrected chi connectivity index (χ0v) is 14.3. The van der Waals surface area contributed by atoms with E-state index in [2.05, 4.69) is 5.32 Å². The van der Waals surface area contributed by atoms with Gasteiger partial charge in [0.1, 0.15) is 11.9 Å². The van der Waals surface area contributed by atoms with Crippen molar-refractivity contribution >= 4 is 5.82 Å². The number of nitrogens with zero attached hydrogens (tertiary/aromatic N) is 3. The molecule has 1 aromatic heterocycles. The van der Waals surface area contributed by atoms with Gasteiger partial charge in [0.05, 0.1) is 0 Å². The summed E-state index contributed by atoms with van der Waals surface area (Å²) >= 11 is 0. The Labute approximate surface area is 141 Å². The van der Waals surface area contributed by atoms with Gasteiger partial charge in [-0.3, -0.25) is 13.9 Å². The van der Waals surface area contributed by atoms with Gasteiger partial charge in [0.2, 0.25) is 0 Å². The van der Waals surface area contributed by atoms with Crippen LogP contribution < -0.4 is 16.6 Å². The van der Waals surface area contributed by atoms with Crippen molar-refractivity contribution in [3.63, 3.8) is 0 Å². The number of nitriles is 1. The van der Waals surface area contributed by atoms with E-state index in [9.17, 15) is 14.9 Å². The summed E-state index contributed by atoms with van der Waals surface area (Å²) in [4.78, 5) is 24.4. The smallest absolute Gasteiger partial charge is 0.332 e. The van der Waals surface area contributed by atoms with E-state index in [0.717, 1.165) is 28.9 Å². The predicted octanol–water partition coefficient (Wildman–Crippen LogP) is 1.58. The Hall–Kier alpha value is -2.03. The number of aromatic nitrogens is 2. The van der Waals surface area contributed by atoms with Crippen LogP contribution in [-0.4, -0.2) is 15.7 Å². The molecule has 0 aromatic carbocycles. The summed E-state index contributed by atoms with van der Waals surface area (Å²) in [5.41, 5.74) is -0.608. The fraction of sp³-hybridized carbons (Fsp3) is 0.722. The zero-order chi connectivity index (χ0) is 17.1. The zero-order valence-electron chi connectivity index (χ0n) is 14.3. The number of anilines is 1. The molecule has 4 fully saturated rings. The first kappa shape index (κ1) is 15.5. The quantitative estimate of drug-likeness (QED) is 0.913. The van der Waals surface area contributed by atoms with Crippen molar-refractivity contribution in [2.45, 2.75) is 38.5 Å². The van der Waals surface area contributed by atoms with E-state index in [0.29, 0.717) is 5.82 Å². The summed E-state index contributed by atoms with van der Waals surface area (Å²) in [7, 11) is 3.03. The fourth-order valence-electron chi connectivity index (χ4n) is 5.93. The Morgan fingerprint density at radius 2 is 1.62 bits per heavy atom. The second-order valence-corrected chi connectivity index (χ2v) is 8.31. The molecule has 4 saturated carbocycles. The molecule has 1 heterocycles. The van der Waals surface area contributed by atoms with Crippen LogP contribution in [0.5, 0.6) is 0 Å². The van der Waals surface area contributed by atoms with Gasteiger partial charge in [-0.25, -0.2) is 4.79 Å². The molecular formula is C18H24N4O2. The van der Waals surface area contributed by atoms with Crippen LogP contribution in [0.25, 0.3) is 0 Å². The molecule has 0 radical (unpaired) electrons. The van der Waals surface area contributed by atoms with Crippen molar-refractivity contribution in [3.8, 4) is 6.07 Å². The van der Waals surface area contributed by atoms with Gasteiger partial charge in [-0.1, -0.05) is 0 Å². The van der Waals surface area contributed by atoms with Crippen LogP contribution in [0.2, 0.25) is 0 Å². The molecule has 24 heavy (non-hydrogen) atoms. The summed E-state index contributed by atoms with van der Waals surface area (Å²) in [6.45, 7) is 0.756. The molecule has 1 aromatic rings. The first-order valence-corrected chi connectivity index (χ1v) is 8.86. The first-order chi connectivity index (χ1) is 11.4. The summed E-state index contributed by atoms with van der Waals surface area (Å²) in [5, 5.41) is 12.7. The molecule has 0 unspecified atom stereocenters. The average Bonchev–Trinajstić information content (AvgIpc) is 2.53. The van der Waals surface area contributed by atoms with Crippen molar-refractivity contribution in [1.29, 1.82) is 5.26 Å². The lowest BCUT2D eigenvalue weighted by molar-refractivity contribution is -0.0445. The van der Waals surface area contributed by atoms with Crippen molar-refractivity contribution in [2.24, 2.45) is 37.3 Å². The van der Waals surface area contributed by atoms with Crippen LogP contribution in [0.1, 0.15) is 44.1 Å². The highest BCUT2D eigenvalue weighted by Gasteiger charge is 2.50. The highest BCUT2D eigenvalue weighted by atomic mass is 16.2. The lowest BCUT2D eigenvalue weighted by Crippen LogP contribution is -2.49. The monoisotopic (exact) mass is 328 g/mol. The lowest BCUT2D eigenvalue weighted by atomic mass is 9.49. The molecule has 6 nitrogen and oxygen atoms in total. The van der Waals surface area contributed by atoms with Crippen LogP contribution in [0.3, 0.4) is 0 Å². The molecule has 5 rings (SSSR count). The lowest BCUT2D eigenvalue weighted by Gasteiger charge is -2.57. The maximum Gasteiger partial charge on any atom is 0.332 e. The van der Waals surface area contributed by atoms with Gasteiger partial charge in [-0.15, -0.1) is 0 Å². The van der Waals surface area contributed by atoms with Gasteiger partial charge in [0.25, 0.3) is 5.56 Å². The highest BCUT2D eigenvalue weighted by molar-refractivity contribution is 5.51. The number of hydrogen-bond acceptors (Lipinski definition) is 4. The molecule has 0 spiro atoms. The highest BCUT2D eigenvalue weighted by Crippen LogP contribution is 2.59. The molecule has 0 atom stereocenters. The largest absolute Gasteiger partial charge is 0.370 e. The van der Waals surface area contributed by atoms with Gasteiger partial charge in [-0.2, -0.15) is 5.26 Å². The maximum absolute atomic E-state index is 12.2. The molecule has 0 amide bonds. The SMILES string of the molecule is Cn1c(NCC23CC4CC(CC(C4)C2)C3)c(C#N)c(=O)n(C)c1=O. The molecule has 0 saturated heterocycles. The second-order valence-electron chi connectivity index (χ2n) is 8.31. The molecule has 128 valence electrons. The maximum atomic E-state index is 12.2. The Kier molecular flexibility index (Phi) is 3.38. The van der Waals surface area contributed by atoms with E-state index in [1.54, 1.807) is 7.05 Å². The molecule has 4 bridgehead atoms. The third-order valence-corrected chi connectivity index (χ3v) is 6.57. The summed E-state index contributed by atoms with van der Waals surface area (Å²) in [6, 6.07) is 1.98. The van der Waals surface area contributed by atoms with Crippen molar-refractivity contribution in [1.82, 2.24) is 9.13 Å². The van der Waals surface area contributed by atoms with E-state index in [-0.39, 0.29) is 11.0 Å². The van der Waals surface area contributed by atoms with Crippen molar-refractivity contribution in [3.05, 3.63) is 26.4 Å². The minimum Gasteiger partial charge on any atom is -0.370 e.